The minimum atomic E-state index is -1.05. The molecule has 0 aliphatic rings. The molecule has 3 nitrogen and oxygen atoms in total. The first-order chi connectivity index (χ1) is 7.76. The predicted molar refractivity (Wildman–Crippen MR) is 63.8 cm³/mol. The fourth-order valence-corrected chi connectivity index (χ4v) is 1.38. The van der Waals surface area contributed by atoms with E-state index in [1.807, 2.05) is 0 Å². The molecule has 0 spiro atoms. The number of nitrogens with one attached hydrogen (secondary N) is 2. The molecule has 0 bridgehead atoms. The van der Waals surface area contributed by atoms with Crippen LogP contribution in [0.4, 0.5) is 14.5 Å². The largest absolute Gasteiger partial charge is 0.389 e. The van der Waals surface area contributed by atoms with Crippen LogP contribution in [0, 0.1) is 24.0 Å². The standard InChI is InChI=1S/C12H16F2N2O/c1-7-4-8(5-15)11(10(14)9(7)13)16-6-12(2,3)17/h4-5,15-17H,6H2,1-3H3. The van der Waals surface area contributed by atoms with Gasteiger partial charge in [0, 0.05) is 18.3 Å². The molecule has 0 unspecified atom stereocenters. The van der Waals surface area contributed by atoms with Crippen LogP contribution in [0.15, 0.2) is 6.07 Å². The Morgan fingerprint density at radius 2 is 2.00 bits per heavy atom. The Morgan fingerprint density at radius 1 is 1.41 bits per heavy atom. The van der Waals surface area contributed by atoms with E-state index in [-0.39, 0.29) is 23.4 Å². The fourth-order valence-electron chi connectivity index (χ4n) is 1.38. The van der Waals surface area contributed by atoms with Crippen LogP contribution < -0.4 is 5.32 Å². The van der Waals surface area contributed by atoms with Crippen molar-refractivity contribution < 1.29 is 13.9 Å². The Balaban J connectivity index is 3.13. The van der Waals surface area contributed by atoms with Crippen LogP contribution in [0.1, 0.15) is 25.0 Å². The highest BCUT2D eigenvalue weighted by atomic mass is 19.2. The second kappa shape index (κ2) is 4.79. The summed E-state index contributed by atoms with van der Waals surface area (Å²) in [6.07, 6.45) is 0.947. The highest BCUT2D eigenvalue weighted by molar-refractivity contribution is 5.86. The Morgan fingerprint density at radius 3 is 2.47 bits per heavy atom. The van der Waals surface area contributed by atoms with E-state index < -0.39 is 17.2 Å². The number of hydrogen-bond acceptors (Lipinski definition) is 3. The monoisotopic (exact) mass is 242 g/mol. The highest BCUT2D eigenvalue weighted by Gasteiger charge is 2.18. The molecule has 0 radical (unpaired) electrons. The SMILES string of the molecule is Cc1cc(C=N)c(NCC(C)(C)O)c(F)c1F. The van der Waals surface area contributed by atoms with Gasteiger partial charge in [0.2, 0.25) is 0 Å². The second-order valence-electron chi connectivity index (χ2n) is 4.60. The van der Waals surface area contributed by atoms with Crippen molar-refractivity contribution in [3.63, 3.8) is 0 Å². The number of aryl methyl sites for hydroxylation is 1. The molecule has 0 fully saturated rings. The summed E-state index contributed by atoms with van der Waals surface area (Å²) in [4.78, 5) is 0. The molecule has 0 saturated heterocycles. The van der Waals surface area contributed by atoms with Gasteiger partial charge in [0.25, 0.3) is 0 Å². The minimum absolute atomic E-state index is 0.0628. The summed E-state index contributed by atoms with van der Waals surface area (Å²) in [5.74, 6) is -1.96. The van der Waals surface area contributed by atoms with E-state index in [1.165, 1.54) is 13.0 Å². The summed E-state index contributed by atoms with van der Waals surface area (Å²) in [7, 11) is 0. The van der Waals surface area contributed by atoms with Crippen molar-refractivity contribution in [3.8, 4) is 0 Å². The molecular formula is C12H16F2N2O. The van der Waals surface area contributed by atoms with Crippen LogP contribution in [-0.4, -0.2) is 23.5 Å². The maximum absolute atomic E-state index is 13.7. The average Bonchev–Trinajstić information content (AvgIpc) is 2.22. The number of halogens is 2. The number of benzene rings is 1. The summed E-state index contributed by atoms with van der Waals surface area (Å²) in [6, 6.07) is 1.39. The van der Waals surface area contributed by atoms with Crippen LogP contribution in [-0.2, 0) is 0 Å². The molecular weight excluding hydrogens is 226 g/mol. The Labute approximate surface area is 99.0 Å². The van der Waals surface area contributed by atoms with Gasteiger partial charge in [-0.3, -0.25) is 0 Å². The quantitative estimate of drug-likeness (QED) is 0.710. The molecule has 17 heavy (non-hydrogen) atoms. The molecule has 0 heterocycles. The van der Waals surface area contributed by atoms with Crippen molar-refractivity contribution in [1.82, 2.24) is 0 Å². The van der Waals surface area contributed by atoms with Crippen molar-refractivity contribution in [3.05, 3.63) is 28.8 Å². The maximum atomic E-state index is 13.7. The topological polar surface area (TPSA) is 56.1 Å². The summed E-state index contributed by atoms with van der Waals surface area (Å²) in [5.41, 5.74) is -0.738. The van der Waals surface area contributed by atoms with E-state index in [4.69, 9.17) is 5.41 Å². The van der Waals surface area contributed by atoms with Gasteiger partial charge in [0.15, 0.2) is 11.6 Å². The van der Waals surface area contributed by atoms with E-state index in [0.717, 1.165) is 6.21 Å². The molecule has 0 aliphatic carbocycles. The third-order valence-corrected chi connectivity index (χ3v) is 2.27. The lowest BCUT2D eigenvalue weighted by Crippen LogP contribution is -2.30. The van der Waals surface area contributed by atoms with E-state index in [2.05, 4.69) is 5.32 Å². The van der Waals surface area contributed by atoms with Gasteiger partial charge < -0.3 is 15.8 Å². The third kappa shape index (κ3) is 3.23. The number of aliphatic hydroxyl groups is 1. The van der Waals surface area contributed by atoms with Crippen LogP contribution in [0.25, 0.3) is 0 Å². The van der Waals surface area contributed by atoms with E-state index in [9.17, 15) is 13.9 Å². The Hall–Kier alpha value is -1.49. The van der Waals surface area contributed by atoms with Gasteiger partial charge in [0.1, 0.15) is 0 Å². The van der Waals surface area contributed by atoms with Crippen LogP contribution in [0.2, 0.25) is 0 Å². The van der Waals surface area contributed by atoms with Gasteiger partial charge in [-0.1, -0.05) is 0 Å². The average molecular weight is 242 g/mol. The lowest BCUT2D eigenvalue weighted by atomic mass is 10.1. The van der Waals surface area contributed by atoms with E-state index in [0.29, 0.717) is 0 Å². The lowest BCUT2D eigenvalue weighted by molar-refractivity contribution is 0.0944. The maximum Gasteiger partial charge on any atom is 0.182 e. The first kappa shape index (κ1) is 13.6. The van der Waals surface area contributed by atoms with Gasteiger partial charge in [-0.05, 0) is 32.4 Å². The number of hydrogen-bond donors (Lipinski definition) is 3. The van der Waals surface area contributed by atoms with Crippen molar-refractivity contribution in [1.29, 1.82) is 5.41 Å². The Kier molecular flexibility index (Phi) is 3.83. The normalized spacial score (nSPS) is 11.4. The predicted octanol–water partition coefficient (Wildman–Crippen LogP) is 2.45. The van der Waals surface area contributed by atoms with Crippen LogP contribution in [0.5, 0.6) is 0 Å². The zero-order valence-electron chi connectivity index (χ0n) is 10.1. The van der Waals surface area contributed by atoms with Gasteiger partial charge in [0.05, 0.1) is 11.3 Å². The van der Waals surface area contributed by atoms with Crippen molar-refractivity contribution >= 4 is 11.9 Å². The van der Waals surface area contributed by atoms with E-state index >= 15 is 0 Å². The summed E-state index contributed by atoms with van der Waals surface area (Å²) < 4.78 is 27.0. The van der Waals surface area contributed by atoms with Gasteiger partial charge in [-0.2, -0.15) is 0 Å². The summed E-state index contributed by atoms with van der Waals surface area (Å²) >= 11 is 0. The molecule has 5 heteroatoms. The molecule has 1 aromatic rings. The molecule has 0 aromatic heterocycles. The van der Waals surface area contributed by atoms with Crippen LogP contribution >= 0.6 is 0 Å². The number of anilines is 1. The van der Waals surface area contributed by atoms with Crippen molar-refractivity contribution in [2.24, 2.45) is 0 Å². The molecule has 1 aromatic carbocycles. The molecule has 3 N–H and O–H groups in total. The van der Waals surface area contributed by atoms with Crippen molar-refractivity contribution in [2.75, 3.05) is 11.9 Å². The summed E-state index contributed by atoms with van der Waals surface area (Å²) in [6.45, 7) is 4.59. The summed E-state index contributed by atoms with van der Waals surface area (Å²) in [5, 5.41) is 19.3. The Bertz CT molecular complexity index is 439. The zero-order chi connectivity index (χ0) is 13.2. The van der Waals surface area contributed by atoms with Gasteiger partial charge in [-0.15, -0.1) is 0 Å². The minimum Gasteiger partial charge on any atom is -0.389 e. The molecule has 1 rings (SSSR count). The zero-order valence-corrected chi connectivity index (χ0v) is 10.1. The fraction of sp³-hybridized carbons (Fsp3) is 0.417. The lowest BCUT2D eigenvalue weighted by Gasteiger charge is -2.20. The highest BCUT2D eigenvalue weighted by Crippen LogP contribution is 2.24. The first-order valence-electron chi connectivity index (χ1n) is 5.21. The first-order valence-corrected chi connectivity index (χ1v) is 5.21. The second-order valence-corrected chi connectivity index (χ2v) is 4.60. The van der Waals surface area contributed by atoms with Crippen molar-refractivity contribution in [2.45, 2.75) is 26.4 Å². The third-order valence-electron chi connectivity index (χ3n) is 2.27. The molecule has 94 valence electrons. The van der Waals surface area contributed by atoms with Gasteiger partial charge in [-0.25, -0.2) is 8.78 Å². The molecule has 0 atom stereocenters. The molecule has 0 amide bonds. The molecule has 0 saturated carbocycles. The smallest absolute Gasteiger partial charge is 0.182 e. The number of rotatable bonds is 4. The van der Waals surface area contributed by atoms with Crippen LogP contribution in [0.3, 0.4) is 0 Å². The van der Waals surface area contributed by atoms with Gasteiger partial charge >= 0.3 is 0 Å². The molecule has 0 aliphatic heterocycles. The van der Waals surface area contributed by atoms with E-state index in [1.54, 1.807) is 13.8 Å².